The minimum Gasteiger partial charge on any atom is -0.340 e. The predicted octanol–water partition coefficient (Wildman–Crippen LogP) is 3.95. The second kappa shape index (κ2) is 8.02. The summed E-state index contributed by atoms with van der Waals surface area (Å²) in [6.45, 7) is 0. The Balaban J connectivity index is 1.87. The zero-order valence-electron chi connectivity index (χ0n) is 14.6. The molecule has 0 aliphatic rings. The SMILES string of the molecule is CS(=O)(=O)Cc1cccc(C(=O)N[C@H](c2ccc(F)cc2)c2cccs2)c1. The molecule has 0 saturated carbocycles. The van der Waals surface area contributed by atoms with Gasteiger partial charge in [-0.05, 0) is 46.8 Å². The summed E-state index contributed by atoms with van der Waals surface area (Å²) >= 11 is 1.49. The molecule has 0 radical (unpaired) electrons. The maximum Gasteiger partial charge on any atom is 0.252 e. The summed E-state index contributed by atoms with van der Waals surface area (Å²) in [5.41, 5.74) is 1.69. The van der Waals surface area contributed by atoms with Gasteiger partial charge < -0.3 is 5.32 Å². The summed E-state index contributed by atoms with van der Waals surface area (Å²) in [4.78, 5) is 13.7. The number of carbonyl (C=O) groups is 1. The van der Waals surface area contributed by atoms with Gasteiger partial charge in [0.2, 0.25) is 0 Å². The quantitative estimate of drug-likeness (QED) is 0.678. The Labute approximate surface area is 161 Å². The molecule has 0 aliphatic carbocycles. The third kappa shape index (κ3) is 5.24. The Hall–Kier alpha value is -2.51. The summed E-state index contributed by atoms with van der Waals surface area (Å²) in [6.07, 6.45) is 1.15. The molecule has 0 unspecified atom stereocenters. The van der Waals surface area contributed by atoms with Crippen LogP contribution in [-0.4, -0.2) is 20.6 Å². The van der Waals surface area contributed by atoms with Gasteiger partial charge in [0.1, 0.15) is 5.82 Å². The van der Waals surface area contributed by atoms with Gasteiger partial charge in [-0.1, -0.05) is 30.3 Å². The third-order valence-corrected chi connectivity index (χ3v) is 5.72. The first-order chi connectivity index (χ1) is 12.8. The molecule has 0 fully saturated rings. The topological polar surface area (TPSA) is 63.2 Å². The summed E-state index contributed by atoms with van der Waals surface area (Å²) in [5.74, 6) is -0.794. The van der Waals surface area contributed by atoms with E-state index in [1.54, 1.807) is 36.4 Å². The first-order valence-corrected chi connectivity index (χ1v) is 11.1. The highest BCUT2D eigenvalue weighted by Gasteiger charge is 2.19. The number of amides is 1. The molecule has 140 valence electrons. The first-order valence-electron chi connectivity index (χ1n) is 8.18. The highest BCUT2D eigenvalue weighted by atomic mass is 32.2. The number of carbonyl (C=O) groups excluding carboxylic acids is 1. The molecule has 1 amide bonds. The van der Waals surface area contributed by atoms with Crippen LogP contribution in [0.3, 0.4) is 0 Å². The molecule has 0 spiro atoms. The zero-order valence-corrected chi connectivity index (χ0v) is 16.2. The fourth-order valence-corrected chi connectivity index (χ4v) is 4.34. The highest BCUT2D eigenvalue weighted by molar-refractivity contribution is 7.89. The number of sulfone groups is 1. The number of benzene rings is 2. The molecule has 1 N–H and O–H groups in total. The van der Waals surface area contributed by atoms with Crippen molar-refractivity contribution in [2.24, 2.45) is 0 Å². The lowest BCUT2D eigenvalue weighted by Gasteiger charge is -2.18. The van der Waals surface area contributed by atoms with Crippen LogP contribution in [-0.2, 0) is 15.6 Å². The van der Waals surface area contributed by atoms with Gasteiger partial charge >= 0.3 is 0 Å². The van der Waals surface area contributed by atoms with E-state index < -0.39 is 15.9 Å². The van der Waals surface area contributed by atoms with E-state index in [0.29, 0.717) is 11.1 Å². The van der Waals surface area contributed by atoms with Crippen LogP contribution in [0.25, 0.3) is 0 Å². The normalized spacial score (nSPS) is 12.5. The van der Waals surface area contributed by atoms with Crippen molar-refractivity contribution in [1.82, 2.24) is 5.32 Å². The molecule has 0 saturated heterocycles. The smallest absolute Gasteiger partial charge is 0.252 e. The molecule has 3 rings (SSSR count). The van der Waals surface area contributed by atoms with Crippen molar-refractivity contribution in [3.05, 3.63) is 93.4 Å². The van der Waals surface area contributed by atoms with Gasteiger partial charge in [0, 0.05) is 16.7 Å². The van der Waals surface area contributed by atoms with Crippen LogP contribution in [0.5, 0.6) is 0 Å². The van der Waals surface area contributed by atoms with E-state index in [1.807, 2.05) is 17.5 Å². The monoisotopic (exact) mass is 403 g/mol. The molecule has 1 heterocycles. The molecule has 3 aromatic rings. The van der Waals surface area contributed by atoms with Crippen molar-refractivity contribution in [1.29, 1.82) is 0 Å². The number of halogens is 1. The molecule has 7 heteroatoms. The number of hydrogen-bond donors (Lipinski definition) is 1. The molecule has 1 atom stereocenters. The van der Waals surface area contributed by atoms with E-state index in [1.165, 1.54) is 23.5 Å². The number of rotatable bonds is 6. The van der Waals surface area contributed by atoms with Crippen molar-refractivity contribution in [3.8, 4) is 0 Å². The average molecular weight is 404 g/mol. The van der Waals surface area contributed by atoms with Crippen molar-refractivity contribution in [2.75, 3.05) is 6.26 Å². The first kappa shape index (κ1) is 19.3. The van der Waals surface area contributed by atoms with Crippen LogP contribution in [0.15, 0.2) is 66.0 Å². The van der Waals surface area contributed by atoms with E-state index >= 15 is 0 Å². The Kier molecular flexibility index (Phi) is 5.72. The van der Waals surface area contributed by atoms with Crippen LogP contribution in [0.2, 0.25) is 0 Å². The second-order valence-corrected chi connectivity index (χ2v) is 9.36. The van der Waals surface area contributed by atoms with Gasteiger partial charge in [0.15, 0.2) is 9.84 Å². The summed E-state index contributed by atoms with van der Waals surface area (Å²) in [7, 11) is -3.19. The fraction of sp³-hybridized carbons (Fsp3) is 0.150. The Bertz CT molecular complexity index is 1030. The minimum absolute atomic E-state index is 0.125. The highest BCUT2D eigenvalue weighted by Crippen LogP contribution is 2.26. The van der Waals surface area contributed by atoms with E-state index in [4.69, 9.17) is 0 Å². The van der Waals surface area contributed by atoms with Crippen molar-refractivity contribution >= 4 is 27.1 Å². The summed E-state index contributed by atoms with van der Waals surface area (Å²) in [5, 5.41) is 4.87. The molecule has 27 heavy (non-hydrogen) atoms. The molecule has 0 bridgehead atoms. The van der Waals surface area contributed by atoms with Crippen LogP contribution >= 0.6 is 11.3 Å². The average Bonchev–Trinajstić information content (AvgIpc) is 3.13. The van der Waals surface area contributed by atoms with Crippen molar-refractivity contribution in [2.45, 2.75) is 11.8 Å². The zero-order chi connectivity index (χ0) is 19.4. The Morgan fingerprint density at radius 3 is 2.48 bits per heavy atom. The number of hydrogen-bond acceptors (Lipinski definition) is 4. The van der Waals surface area contributed by atoms with Gasteiger partial charge in [-0.15, -0.1) is 11.3 Å². The van der Waals surface area contributed by atoms with E-state index in [-0.39, 0.29) is 17.5 Å². The molecule has 2 aromatic carbocycles. The van der Waals surface area contributed by atoms with Gasteiger partial charge in [0.05, 0.1) is 11.8 Å². The number of thiophene rings is 1. The second-order valence-electron chi connectivity index (χ2n) is 6.24. The molecule has 0 aliphatic heterocycles. The van der Waals surface area contributed by atoms with E-state index in [2.05, 4.69) is 5.32 Å². The minimum atomic E-state index is -3.19. The van der Waals surface area contributed by atoms with Gasteiger partial charge in [0.25, 0.3) is 5.91 Å². The van der Waals surface area contributed by atoms with Crippen molar-refractivity contribution in [3.63, 3.8) is 0 Å². The molecular formula is C20H18FNO3S2. The Morgan fingerprint density at radius 1 is 1.11 bits per heavy atom. The van der Waals surface area contributed by atoms with E-state index in [0.717, 1.165) is 16.7 Å². The largest absolute Gasteiger partial charge is 0.340 e. The lowest BCUT2D eigenvalue weighted by atomic mass is 10.0. The predicted molar refractivity (Wildman–Crippen MR) is 105 cm³/mol. The fourth-order valence-electron chi connectivity index (χ4n) is 2.75. The maximum atomic E-state index is 13.3. The number of nitrogens with one attached hydrogen (secondary N) is 1. The van der Waals surface area contributed by atoms with Crippen LogP contribution in [0, 0.1) is 5.82 Å². The van der Waals surface area contributed by atoms with Crippen LogP contribution in [0.1, 0.15) is 32.4 Å². The summed E-state index contributed by atoms with van der Waals surface area (Å²) in [6, 6.07) is 15.9. The maximum absolute atomic E-state index is 13.3. The third-order valence-electron chi connectivity index (χ3n) is 3.92. The molecular weight excluding hydrogens is 385 g/mol. The van der Waals surface area contributed by atoms with Crippen LogP contribution < -0.4 is 5.32 Å². The van der Waals surface area contributed by atoms with Gasteiger partial charge in [-0.25, -0.2) is 12.8 Å². The standard InChI is InChI=1S/C20H18FNO3S2/c1-27(24,25)13-14-4-2-5-16(12-14)20(23)22-19(18-6-3-11-26-18)15-7-9-17(21)10-8-15/h2-12,19H,13H2,1H3,(H,22,23)/t19-/m1/s1. The lowest BCUT2D eigenvalue weighted by Crippen LogP contribution is -2.29. The van der Waals surface area contributed by atoms with Gasteiger partial charge in [-0.3, -0.25) is 4.79 Å². The molecule has 4 nitrogen and oxygen atoms in total. The summed E-state index contributed by atoms with van der Waals surface area (Å²) < 4.78 is 36.3. The lowest BCUT2D eigenvalue weighted by molar-refractivity contribution is 0.0943. The van der Waals surface area contributed by atoms with Gasteiger partial charge in [-0.2, -0.15) is 0 Å². The van der Waals surface area contributed by atoms with Crippen LogP contribution in [0.4, 0.5) is 4.39 Å². The van der Waals surface area contributed by atoms with Crippen molar-refractivity contribution < 1.29 is 17.6 Å². The molecule has 1 aromatic heterocycles. The van der Waals surface area contributed by atoms with E-state index in [9.17, 15) is 17.6 Å². The Morgan fingerprint density at radius 2 is 1.85 bits per heavy atom.